The molecule has 0 fully saturated rings. The summed E-state index contributed by atoms with van der Waals surface area (Å²) in [4.78, 5) is 25.4. The lowest BCUT2D eigenvalue weighted by atomic mass is 10.0. The predicted molar refractivity (Wildman–Crippen MR) is 113 cm³/mol. The van der Waals surface area contributed by atoms with E-state index in [1.807, 2.05) is 31.2 Å². The number of fused-ring (bicyclic) bond motifs is 1. The van der Waals surface area contributed by atoms with Crippen molar-refractivity contribution in [2.24, 2.45) is 0 Å². The number of halogens is 5. The minimum absolute atomic E-state index is 0.0102. The van der Waals surface area contributed by atoms with Gasteiger partial charge in [0.05, 0.1) is 47.7 Å². The molecule has 0 aromatic heterocycles. The molecule has 2 N–H and O–H groups in total. The number of hydrogen-bond acceptors (Lipinski definition) is 2. The minimum atomic E-state index is -0.465. The van der Waals surface area contributed by atoms with E-state index in [0.29, 0.717) is 11.3 Å². The zero-order chi connectivity index (χ0) is 20.3. The van der Waals surface area contributed by atoms with E-state index >= 15 is 0 Å². The molecule has 0 spiro atoms. The van der Waals surface area contributed by atoms with Crippen LogP contribution in [0.25, 0.3) is 11.4 Å². The molecular weight excluding hydrogens is 465 g/mol. The summed E-state index contributed by atoms with van der Waals surface area (Å²) in [6.07, 6.45) is 0. The Bertz CT molecular complexity index is 1120. The molecule has 4 nitrogen and oxygen atoms in total. The molecule has 2 amide bonds. The summed E-state index contributed by atoms with van der Waals surface area (Å²) in [6.45, 7) is 1.94. The monoisotopic (exact) mass is 472 g/mol. The maximum absolute atomic E-state index is 12.7. The summed E-state index contributed by atoms with van der Waals surface area (Å²) in [5, 5.41) is 5.33. The molecule has 2 aromatic rings. The molecule has 0 saturated carbocycles. The number of benzene rings is 2. The molecule has 0 unspecified atom stereocenters. The van der Waals surface area contributed by atoms with E-state index in [1.165, 1.54) is 0 Å². The van der Waals surface area contributed by atoms with Crippen molar-refractivity contribution < 1.29 is 9.59 Å². The third-order valence-corrected chi connectivity index (χ3v) is 6.76. The van der Waals surface area contributed by atoms with Crippen LogP contribution in [0.3, 0.4) is 0 Å². The number of aryl methyl sites for hydroxylation is 1. The van der Waals surface area contributed by atoms with Crippen LogP contribution in [0.1, 0.15) is 16.7 Å². The van der Waals surface area contributed by atoms with Crippen LogP contribution in [-0.4, -0.2) is 11.8 Å². The van der Waals surface area contributed by atoms with Crippen LogP contribution >= 0.6 is 58.0 Å². The van der Waals surface area contributed by atoms with Crippen LogP contribution in [0.5, 0.6) is 0 Å². The molecule has 28 heavy (non-hydrogen) atoms. The van der Waals surface area contributed by atoms with Gasteiger partial charge in [0.1, 0.15) is 0 Å². The highest BCUT2D eigenvalue weighted by atomic mass is 35.5. The van der Waals surface area contributed by atoms with Gasteiger partial charge in [-0.3, -0.25) is 9.59 Å². The lowest BCUT2D eigenvalue weighted by molar-refractivity contribution is -0.117. The third-order valence-electron chi connectivity index (χ3n) is 4.48. The Balaban J connectivity index is 1.99. The summed E-state index contributed by atoms with van der Waals surface area (Å²) in [5.41, 5.74) is 2.76. The van der Waals surface area contributed by atoms with Gasteiger partial charge >= 0.3 is 0 Å². The molecule has 0 aliphatic carbocycles. The Kier molecular flexibility index (Phi) is 4.89. The van der Waals surface area contributed by atoms with Crippen molar-refractivity contribution in [1.29, 1.82) is 0 Å². The standard InChI is InChI=1S/C19H9Cl5N2O2/c1-6-2-4-7(5-3-6)16-8-9(19(28)25-16)17(26-18(8)27)10-11(20)13(22)15(24)14(23)12(10)21/h2-5H,1H3,(H,25,28)(H,26,27). The first-order chi connectivity index (χ1) is 13.2. The van der Waals surface area contributed by atoms with Crippen LogP contribution < -0.4 is 10.6 Å². The summed E-state index contributed by atoms with van der Waals surface area (Å²) < 4.78 is 0. The van der Waals surface area contributed by atoms with Crippen LogP contribution in [0.2, 0.25) is 25.1 Å². The van der Waals surface area contributed by atoms with Gasteiger partial charge < -0.3 is 10.6 Å². The number of nitrogens with one attached hydrogen (secondary N) is 2. The average molecular weight is 475 g/mol. The first-order valence-electron chi connectivity index (χ1n) is 7.92. The molecule has 2 aliphatic heterocycles. The van der Waals surface area contributed by atoms with E-state index in [0.717, 1.165) is 5.56 Å². The van der Waals surface area contributed by atoms with Crippen LogP contribution in [-0.2, 0) is 9.59 Å². The molecule has 2 aromatic carbocycles. The molecule has 142 valence electrons. The highest BCUT2D eigenvalue weighted by Crippen LogP contribution is 2.48. The van der Waals surface area contributed by atoms with Gasteiger partial charge in [-0.1, -0.05) is 87.8 Å². The number of amides is 2. The average Bonchev–Trinajstić information content (AvgIpc) is 3.18. The molecule has 9 heteroatoms. The lowest BCUT2D eigenvalue weighted by Crippen LogP contribution is -2.21. The van der Waals surface area contributed by atoms with Crippen LogP contribution in [0.15, 0.2) is 35.4 Å². The van der Waals surface area contributed by atoms with E-state index < -0.39 is 11.8 Å². The second-order valence-electron chi connectivity index (χ2n) is 6.22. The van der Waals surface area contributed by atoms with Gasteiger partial charge in [-0.2, -0.15) is 0 Å². The van der Waals surface area contributed by atoms with Crippen molar-refractivity contribution in [3.8, 4) is 0 Å². The molecule has 0 saturated heterocycles. The van der Waals surface area contributed by atoms with Crippen molar-refractivity contribution in [2.45, 2.75) is 6.92 Å². The van der Waals surface area contributed by atoms with E-state index in [1.54, 1.807) is 0 Å². The molecule has 2 heterocycles. The van der Waals surface area contributed by atoms with E-state index in [4.69, 9.17) is 58.0 Å². The van der Waals surface area contributed by atoms with E-state index in [9.17, 15) is 9.59 Å². The smallest absolute Gasteiger partial charge is 0.258 e. The van der Waals surface area contributed by atoms with Crippen molar-refractivity contribution in [1.82, 2.24) is 10.6 Å². The van der Waals surface area contributed by atoms with Crippen molar-refractivity contribution in [3.63, 3.8) is 0 Å². The fraction of sp³-hybridized carbons (Fsp3) is 0.0526. The zero-order valence-corrected chi connectivity index (χ0v) is 17.8. The predicted octanol–water partition coefficient (Wildman–Crippen LogP) is 5.64. The van der Waals surface area contributed by atoms with Crippen molar-refractivity contribution in [3.05, 3.63) is 77.2 Å². The second kappa shape index (κ2) is 6.97. The summed E-state index contributed by atoms with van der Waals surface area (Å²) in [5.74, 6) is -0.929. The van der Waals surface area contributed by atoms with Crippen molar-refractivity contribution >= 4 is 81.2 Å². The molecule has 0 atom stereocenters. The highest BCUT2D eigenvalue weighted by molar-refractivity contribution is 6.56. The first kappa shape index (κ1) is 19.6. The third kappa shape index (κ3) is 2.83. The zero-order valence-electron chi connectivity index (χ0n) is 14.0. The topological polar surface area (TPSA) is 58.2 Å². The molecule has 4 rings (SSSR count). The minimum Gasteiger partial charge on any atom is -0.321 e. The SMILES string of the molecule is Cc1ccc(C2=C3C(=O)NC(c4c(Cl)c(Cl)c(Cl)c(Cl)c4Cl)=C3C(=O)N2)cc1. The molecule has 0 bridgehead atoms. The van der Waals surface area contributed by atoms with Gasteiger partial charge in [0.2, 0.25) is 0 Å². The normalized spacial score (nSPS) is 15.9. The Hall–Kier alpha value is -1.69. The summed E-state index contributed by atoms with van der Waals surface area (Å²) >= 11 is 30.9. The van der Waals surface area contributed by atoms with Gasteiger partial charge in [-0.15, -0.1) is 0 Å². The highest BCUT2D eigenvalue weighted by Gasteiger charge is 2.42. The summed E-state index contributed by atoms with van der Waals surface area (Å²) in [6, 6.07) is 7.41. The van der Waals surface area contributed by atoms with Gasteiger partial charge in [0.25, 0.3) is 11.8 Å². The second-order valence-corrected chi connectivity index (χ2v) is 8.11. The molecular formula is C19H9Cl5N2O2. The lowest BCUT2D eigenvalue weighted by Gasteiger charge is -2.14. The number of hydrogen-bond donors (Lipinski definition) is 2. The van der Waals surface area contributed by atoms with Crippen molar-refractivity contribution in [2.75, 3.05) is 0 Å². The Morgan fingerprint density at radius 3 is 1.61 bits per heavy atom. The first-order valence-corrected chi connectivity index (χ1v) is 9.81. The van der Waals surface area contributed by atoms with Gasteiger partial charge in [0.15, 0.2) is 0 Å². The number of carbonyl (C=O) groups excluding carboxylic acids is 2. The van der Waals surface area contributed by atoms with E-state index in [2.05, 4.69) is 10.6 Å². The maximum Gasteiger partial charge on any atom is 0.258 e. The summed E-state index contributed by atoms with van der Waals surface area (Å²) in [7, 11) is 0. The fourth-order valence-corrected chi connectivity index (χ4v) is 4.46. The molecule has 0 radical (unpaired) electrons. The molecule has 2 aliphatic rings. The quantitative estimate of drug-likeness (QED) is 0.437. The van der Waals surface area contributed by atoms with Crippen LogP contribution in [0.4, 0.5) is 0 Å². The van der Waals surface area contributed by atoms with Gasteiger partial charge in [0, 0.05) is 5.56 Å². The van der Waals surface area contributed by atoms with Gasteiger partial charge in [-0.25, -0.2) is 0 Å². The maximum atomic E-state index is 12.7. The fourth-order valence-electron chi connectivity index (χ4n) is 3.13. The number of rotatable bonds is 2. The number of carbonyl (C=O) groups is 2. The van der Waals surface area contributed by atoms with Crippen LogP contribution in [0, 0.1) is 6.92 Å². The van der Waals surface area contributed by atoms with E-state index in [-0.39, 0.29) is 47.5 Å². The largest absolute Gasteiger partial charge is 0.321 e. The Morgan fingerprint density at radius 2 is 1.07 bits per heavy atom. The Morgan fingerprint density at radius 1 is 0.643 bits per heavy atom. The Labute approximate surface area is 185 Å². The van der Waals surface area contributed by atoms with Gasteiger partial charge in [-0.05, 0) is 12.5 Å².